The van der Waals surface area contributed by atoms with Gasteiger partial charge in [-0.2, -0.15) is 0 Å². The molecule has 1 unspecified atom stereocenters. The van der Waals surface area contributed by atoms with Gasteiger partial charge in [0.05, 0.1) is 17.5 Å². The summed E-state index contributed by atoms with van der Waals surface area (Å²) in [5.41, 5.74) is 0.270. The zero-order chi connectivity index (χ0) is 18.7. The minimum absolute atomic E-state index is 0.0711. The summed E-state index contributed by atoms with van der Waals surface area (Å²) in [5.74, 6) is -0.401. The van der Waals surface area contributed by atoms with Gasteiger partial charge in [0.15, 0.2) is 9.84 Å². The molecular formula is C17H26N2O4S. The molecule has 1 aromatic carbocycles. The van der Waals surface area contributed by atoms with Crippen LogP contribution in [0.5, 0.6) is 0 Å². The monoisotopic (exact) mass is 354 g/mol. The van der Waals surface area contributed by atoms with E-state index in [-0.39, 0.29) is 29.3 Å². The van der Waals surface area contributed by atoms with E-state index in [2.05, 4.69) is 5.32 Å². The van der Waals surface area contributed by atoms with Crippen LogP contribution >= 0.6 is 0 Å². The normalized spacial score (nSPS) is 13.2. The Morgan fingerprint density at radius 1 is 1.17 bits per heavy atom. The van der Waals surface area contributed by atoms with Crippen LogP contribution < -0.4 is 5.32 Å². The Kier molecular flexibility index (Phi) is 6.16. The first-order valence-electron chi connectivity index (χ1n) is 7.68. The first-order chi connectivity index (χ1) is 10.8. The molecule has 1 atom stereocenters. The zero-order valence-corrected chi connectivity index (χ0v) is 15.9. The predicted molar refractivity (Wildman–Crippen MR) is 93.2 cm³/mol. The average molecular weight is 354 g/mol. The zero-order valence-electron chi connectivity index (χ0n) is 15.1. The fourth-order valence-corrected chi connectivity index (χ4v) is 2.61. The van der Waals surface area contributed by atoms with Gasteiger partial charge >= 0.3 is 0 Å². The number of likely N-dealkylation sites (N-methyl/N-ethyl adjacent to an activating group) is 1. The molecule has 0 aliphatic heterocycles. The first-order valence-corrected chi connectivity index (χ1v) is 9.57. The highest BCUT2D eigenvalue weighted by Crippen LogP contribution is 2.21. The molecule has 2 amide bonds. The SMILES string of the molecule is CC(c1ccc(S(C)(=O)=O)cc1)N(C)C(=O)CNC(=O)C(C)(C)C. The van der Waals surface area contributed by atoms with Crippen molar-refractivity contribution in [2.45, 2.75) is 38.6 Å². The molecule has 6 nitrogen and oxygen atoms in total. The second-order valence-electron chi connectivity index (χ2n) is 6.95. The first kappa shape index (κ1) is 20.2. The maximum Gasteiger partial charge on any atom is 0.242 e. The molecule has 0 bridgehead atoms. The fourth-order valence-electron chi connectivity index (χ4n) is 1.98. The minimum Gasteiger partial charge on any atom is -0.347 e. The summed E-state index contributed by atoms with van der Waals surface area (Å²) in [6.07, 6.45) is 1.15. The summed E-state index contributed by atoms with van der Waals surface area (Å²) in [5, 5.41) is 2.63. The third-order valence-corrected chi connectivity index (χ3v) is 4.97. The van der Waals surface area contributed by atoms with Crippen LogP contribution in [0.25, 0.3) is 0 Å². The number of sulfone groups is 1. The summed E-state index contributed by atoms with van der Waals surface area (Å²) >= 11 is 0. The molecule has 1 rings (SSSR count). The van der Waals surface area contributed by atoms with E-state index in [4.69, 9.17) is 0 Å². The highest BCUT2D eigenvalue weighted by Gasteiger charge is 2.23. The van der Waals surface area contributed by atoms with Gasteiger partial charge in [0.1, 0.15) is 0 Å². The van der Waals surface area contributed by atoms with Crippen LogP contribution in [0.2, 0.25) is 0 Å². The topological polar surface area (TPSA) is 83.6 Å². The standard InChI is InChI=1S/C17H26N2O4S/c1-12(13-7-9-14(10-8-13)24(6,22)23)19(5)15(20)11-18-16(21)17(2,3)4/h7-10,12H,11H2,1-6H3,(H,18,21). The van der Waals surface area contributed by atoms with Crippen LogP contribution in [-0.2, 0) is 19.4 Å². The lowest BCUT2D eigenvalue weighted by atomic mass is 9.96. The summed E-state index contributed by atoms with van der Waals surface area (Å²) in [6, 6.07) is 6.21. The molecule has 24 heavy (non-hydrogen) atoms. The van der Waals surface area contributed by atoms with E-state index in [1.807, 2.05) is 6.92 Å². The number of carbonyl (C=O) groups excluding carboxylic acids is 2. The molecule has 0 heterocycles. The van der Waals surface area contributed by atoms with E-state index < -0.39 is 15.3 Å². The molecule has 0 aromatic heterocycles. The third kappa shape index (κ3) is 5.33. The summed E-state index contributed by atoms with van der Waals surface area (Å²) in [7, 11) is -1.59. The lowest BCUT2D eigenvalue weighted by Gasteiger charge is -2.26. The molecule has 7 heteroatoms. The predicted octanol–water partition coefficient (Wildman–Crippen LogP) is 1.77. The maximum atomic E-state index is 12.2. The molecule has 0 saturated carbocycles. The molecular weight excluding hydrogens is 328 g/mol. The number of amides is 2. The van der Waals surface area contributed by atoms with Gasteiger partial charge in [-0.3, -0.25) is 9.59 Å². The molecule has 0 radical (unpaired) electrons. The van der Waals surface area contributed by atoms with E-state index in [1.54, 1.807) is 40.0 Å². The van der Waals surface area contributed by atoms with Gasteiger partial charge < -0.3 is 10.2 Å². The Morgan fingerprint density at radius 3 is 2.08 bits per heavy atom. The second-order valence-corrected chi connectivity index (χ2v) is 8.97. The van der Waals surface area contributed by atoms with Crippen LogP contribution in [-0.4, -0.2) is 45.0 Å². The molecule has 0 saturated heterocycles. The van der Waals surface area contributed by atoms with Gasteiger partial charge in [0.2, 0.25) is 11.8 Å². The van der Waals surface area contributed by atoms with E-state index in [1.165, 1.54) is 17.0 Å². The summed E-state index contributed by atoms with van der Waals surface area (Å²) in [6.45, 7) is 7.12. The van der Waals surface area contributed by atoms with E-state index in [0.29, 0.717) is 0 Å². The lowest BCUT2D eigenvalue weighted by Crippen LogP contribution is -2.42. The number of benzene rings is 1. The number of nitrogens with one attached hydrogen (secondary N) is 1. The summed E-state index contributed by atoms with van der Waals surface area (Å²) < 4.78 is 23.0. The minimum atomic E-state index is -3.24. The Labute approximate surface area is 144 Å². The molecule has 0 aliphatic carbocycles. The lowest BCUT2D eigenvalue weighted by molar-refractivity contribution is -0.135. The number of hydrogen-bond acceptors (Lipinski definition) is 4. The Morgan fingerprint density at radius 2 is 1.67 bits per heavy atom. The van der Waals surface area contributed by atoms with Crippen molar-refractivity contribution in [2.24, 2.45) is 5.41 Å². The van der Waals surface area contributed by atoms with Gasteiger partial charge in [0.25, 0.3) is 0 Å². The Balaban J connectivity index is 2.75. The Hall–Kier alpha value is -1.89. The highest BCUT2D eigenvalue weighted by atomic mass is 32.2. The smallest absolute Gasteiger partial charge is 0.242 e. The molecule has 134 valence electrons. The van der Waals surface area contributed by atoms with Crippen molar-refractivity contribution in [3.8, 4) is 0 Å². The van der Waals surface area contributed by atoms with Crippen LogP contribution in [0.15, 0.2) is 29.2 Å². The number of hydrogen-bond donors (Lipinski definition) is 1. The molecule has 1 aromatic rings. The van der Waals surface area contributed by atoms with E-state index >= 15 is 0 Å². The number of carbonyl (C=O) groups is 2. The Bertz CT molecular complexity index is 703. The number of rotatable bonds is 5. The van der Waals surface area contributed by atoms with E-state index in [0.717, 1.165) is 11.8 Å². The van der Waals surface area contributed by atoms with Gasteiger partial charge in [-0.15, -0.1) is 0 Å². The van der Waals surface area contributed by atoms with Crippen molar-refractivity contribution in [1.29, 1.82) is 0 Å². The summed E-state index contributed by atoms with van der Waals surface area (Å²) in [4.78, 5) is 25.8. The van der Waals surface area contributed by atoms with Crippen LogP contribution in [0.4, 0.5) is 0 Å². The maximum absolute atomic E-state index is 12.2. The van der Waals surface area contributed by atoms with Crippen LogP contribution in [0.3, 0.4) is 0 Å². The third-order valence-electron chi connectivity index (χ3n) is 3.85. The number of nitrogens with zero attached hydrogens (tertiary/aromatic N) is 1. The molecule has 0 spiro atoms. The van der Waals surface area contributed by atoms with Gasteiger partial charge in [-0.25, -0.2) is 8.42 Å². The van der Waals surface area contributed by atoms with E-state index in [9.17, 15) is 18.0 Å². The van der Waals surface area contributed by atoms with Crippen molar-refractivity contribution in [3.05, 3.63) is 29.8 Å². The second kappa shape index (κ2) is 7.34. The largest absolute Gasteiger partial charge is 0.347 e. The van der Waals surface area contributed by atoms with Crippen molar-refractivity contribution in [2.75, 3.05) is 19.8 Å². The average Bonchev–Trinajstić information content (AvgIpc) is 2.49. The van der Waals surface area contributed by atoms with Crippen molar-refractivity contribution in [1.82, 2.24) is 10.2 Å². The van der Waals surface area contributed by atoms with Crippen molar-refractivity contribution in [3.63, 3.8) is 0 Å². The molecule has 1 N–H and O–H groups in total. The van der Waals surface area contributed by atoms with Crippen LogP contribution in [0.1, 0.15) is 39.3 Å². The van der Waals surface area contributed by atoms with Gasteiger partial charge in [-0.05, 0) is 24.6 Å². The molecule has 0 fully saturated rings. The highest BCUT2D eigenvalue weighted by molar-refractivity contribution is 7.90. The fraction of sp³-hybridized carbons (Fsp3) is 0.529. The van der Waals surface area contributed by atoms with Crippen molar-refractivity contribution >= 4 is 21.7 Å². The molecule has 0 aliphatic rings. The quantitative estimate of drug-likeness (QED) is 0.873. The van der Waals surface area contributed by atoms with Gasteiger partial charge in [0, 0.05) is 18.7 Å². The van der Waals surface area contributed by atoms with Crippen molar-refractivity contribution < 1.29 is 18.0 Å². The van der Waals surface area contributed by atoms with Gasteiger partial charge in [-0.1, -0.05) is 32.9 Å². The van der Waals surface area contributed by atoms with Crippen LogP contribution in [0, 0.1) is 5.41 Å².